The standard InChI is InChI=1S/C11H23N2O7P.C2H6/c1-7(2)10(11(16)17)13(18)8(14)5-12-6-9(15)21(4,19)20-3;1-2/h7,9-10,12,15,18H,5-6H2,1-4H3,(H,16,17);1-2H3. The molecule has 4 N–H and O–H groups in total. The molecular formula is C13H29N2O7P. The van der Waals surface area contributed by atoms with Crippen LogP contribution < -0.4 is 5.32 Å². The molecule has 3 unspecified atom stereocenters. The maximum absolute atomic E-state index is 11.7. The first-order valence-electron chi connectivity index (χ1n) is 7.30. The predicted octanol–water partition coefficient (Wildman–Crippen LogP) is 0.802. The summed E-state index contributed by atoms with van der Waals surface area (Å²) in [5.74, 6) is -3.97. The SMILES string of the molecule is CC.COP(C)(=O)C(O)CNCC(=O)N(O)C(C(=O)O)C(C)C. The lowest BCUT2D eigenvalue weighted by Crippen LogP contribution is -2.49. The number of hydroxylamine groups is 2. The molecule has 23 heavy (non-hydrogen) atoms. The third-order valence-electron chi connectivity index (χ3n) is 2.91. The highest BCUT2D eigenvalue weighted by atomic mass is 31.2. The van der Waals surface area contributed by atoms with Gasteiger partial charge in [0.1, 0.15) is 5.85 Å². The van der Waals surface area contributed by atoms with Crippen LogP contribution in [0.3, 0.4) is 0 Å². The molecule has 0 heterocycles. The van der Waals surface area contributed by atoms with Gasteiger partial charge in [-0.05, 0) is 5.92 Å². The van der Waals surface area contributed by atoms with E-state index in [0.717, 1.165) is 0 Å². The number of nitrogens with one attached hydrogen (secondary N) is 1. The van der Waals surface area contributed by atoms with Gasteiger partial charge in [0.2, 0.25) is 7.37 Å². The van der Waals surface area contributed by atoms with E-state index in [1.807, 2.05) is 13.8 Å². The molecule has 0 fully saturated rings. The highest BCUT2D eigenvalue weighted by molar-refractivity contribution is 7.58. The maximum atomic E-state index is 11.7. The Labute approximate surface area is 137 Å². The molecule has 0 spiro atoms. The summed E-state index contributed by atoms with van der Waals surface area (Å²) in [4.78, 5) is 22.6. The molecule has 0 aromatic carbocycles. The number of nitrogens with zero attached hydrogens (tertiary/aromatic N) is 1. The van der Waals surface area contributed by atoms with Gasteiger partial charge in [0.05, 0.1) is 6.54 Å². The van der Waals surface area contributed by atoms with Gasteiger partial charge in [-0.1, -0.05) is 27.7 Å². The molecule has 0 saturated heterocycles. The van der Waals surface area contributed by atoms with Crippen LogP contribution in [0.25, 0.3) is 0 Å². The molecule has 1 amide bonds. The number of hydrogen-bond acceptors (Lipinski definition) is 7. The van der Waals surface area contributed by atoms with Crippen molar-refractivity contribution in [3.63, 3.8) is 0 Å². The highest BCUT2D eigenvalue weighted by Crippen LogP contribution is 2.45. The van der Waals surface area contributed by atoms with Gasteiger partial charge in [0.15, 0.2) is 6.04 Å². The van der Waals surface area contributed by atoms with Gasteiger partial charge < -0.3 is 20.1 Å². The average molecular weight is 356 g/mol. The van der Waals surface area contributed by atoms with E-state index in [1.54, 1.807) is 13.8 Å². The quantitative estimate of drug-likeness (QED) is 0.270. The summed E-state index contributed by atoms with van der Waals surface area (Å²) in [6.07, 6.45) is 0. The lowest BCUT2D eigenvalue weighted by molar-refractivity contribution is -0.189. The van der Waals surface area contributed by atoms with E-state index in [4.69, 9.17) is 5.11 Å². The zero-order chi connectivity index (χ0) is 18.8. The Morgan fingerprint density at radius 3 is 2.13 bits per heavy atom. The van der Waals surface area contributed by atoms with E-state index in [9.17, 15) is 24.5 Å². The number of hydrogen-bond donors (Lipinski definition) is 4. The van der Waals surface area contributed by atoms with Crippen molar-refractivity contribution in [2.24, 2.45) is 5.92 Å². The number of aliphatic hydroxyl groups is 1. The Balaban J connectivity index is 0. The first kappa shape index (κ1) is 24.3. The number of aliphatic carboxylic acids is 1. The maximum Gasteiger partial charge on any atom is 0.329 e. The third-order valence-corrected chi connectivity index (χ3v) is 4.90. The fourth-order valence-electron chi connectivity index (χ4n) is 1.50. The minimum atomic E-state index is -3.19. The van der Waals surface area contributed by atoms with Crippen LogP contribution >= 0.6 is 7.37 Å². The van der Waals surface area contributed by atoms with Gasteiger partial charge in [0, 0.05) is 20.3 Å². The second kappa shape index (κ2) is 11.5. The van der Waals surface area contributed by atoms with Crippen molar-refractivity contribution in [1.82, 2.24) is 10.4 Å². The van der Waals surface area contributed by atoms with E-state index in [0.29, 0.717) is 0 Å². The fraction of sp³-hybridized carbons (Fsp3) is 0.846. The van der Waals surface area contributed by atoms with E-state index in [2.05, 4.69) is 9.84 Å². The first-order valence-corrected chi connectivity index (χ1v) is 9.44. The molecule has 0 radical (unpaired) electrons. The van der Waals surface area contributed by atoms with E-state index in [-0.39, 0.29) is 11.6 Å². The minimum absolute atomic E-state index is 0.147. The first-order chi connectivity index (χ1) is 10.5. The van der Waals surface area contributed by atoms with Crippen molar-refractivity contribution in [3.8, 4) is 0 Å². The van der Waals surface area contributed by atoms with E-state index < -0.39 is 43.6 Å². The van der Waals surface area contributed by atoms with Gasteiger partial charge in [-0.2, -0.15) is 0 Å². The van der Waals surface area contributed by atoms with Gasteiger partial charge in [0.25, 0.3) is 5.91 Å². The second-order valence-corrected chi connectivity index (χ2v) is 7.75. The summed E-state index contributed by atoms with van der Waals surface area (Å²) in [6.45, 7) is 7.75. The smallest absolute Gasteiger partial charge is 0.329 e. The Morgan fingerprint density at radius 1 is 1.30 bits per heavy atom. The van der Waals surface area contributed by atoms with Gasteiger partial charge in [-0.3, -0.25) is 14.6 Å². The zero-order valence-corrected chi connectivity index (χ0v) is 15.4. The zero-order valence-electron chi connectivity index (χ0n) is 14.5. The third kappa shape index (κ3) is 8.43. The van der Waals surface area contributed by atoms with Crippen LogP contribution in [-0.4, -0.2) is 71.1 Å². The van der Waals surface area contributed by atoms with Gasteiger partial charge in [-0.15, -0.1) is 0 Å². The van der Waals surface area contributed by atoms with E-state index >= 15 is 0 Å². The van der Waals surface area contributed by atoms with Crippen LogP contribution in [0.1, 0.15) is 27.7 Å². The number of carbonyl (C=O) groups is 2. The monoisotopic (exact) mass is 356 g/mol. The summed E-state index contributed by atoms with van der Waals surface area (Å²) in [6, 6.07) is -1.36. The molecular weight excluding hydrogens is 327 g/mol. The van der Waals surface area contributed by atoms with Crippen LogP contribution in [0, 0.1) is 5.92 Å². The number of aliphatic hydroxyl groups excluding tert-OH is 1. The molecule has 0 aliphatic rings. The molecule has 0 aromatic rings. The number of amides is 1. The Kier molecular flexibility index (Phi) is 12.2. The van der Waals surface area contributed by atoms with Gasteiger partial charge >= 0.3 is 5.97 Å². The minimum Gasteiger partial charge on any atom is -0.480 e. The Hall–Kier alpha value is -0.990. The predicted molar refractivity (Wildman–Crippen MR) is 85.7 cm³/mol. The summed E-state index contributed by atoms with van der Waals surface area (Å²) in [5.41, 5.74) is 0. The fourth-order valence-corrected chi connectivity index (χ4v) is 2.21. The largest absolute Gasteiger partial charge is 0.480 e. The molecule has 3 atom stereocenters. The molecule has 0 aromatic heterocycles. The average Bonchev–Trinajstić information content (AvgIpc) is 2.48. The normalized spacial score (nSPS) is 15.9. The van der Waals surface area contributed by atoms with E-state index in [1.165, 1.54) is 13.8 Å². The summed E-state index contributed by atoms with van der Waals surface area (Å²) in [7, 11) is -1.99. The van der Waals surface area contributed by atoms with Crippen LogP contribution in [0.2, 0.25) is 0 Å². The van der Waals surface area contributed by atoms with Crippen molar-refractivity contribution in [3.05, 3.63) is 0 Å². The van der Waals surface area contributed by atoms with Crippen molar-refractivity contribution < 1.29 is 34.1 Å². The van der Waals surface area contributed by atoms with Gasteiger partial charge in [-0.25, -0.2) is 9.86 Å². The van der Waals surface area contributed by atoms with Crippen molar-refractivity contribution in [2.75, 3.05) is 26.9 Å². The van der Waals surface area contributed by atoms with Crippen molar-refractivity contribution >= 4 is 19.2 Å². The molecule has 0 aliphatic heterocycles. The van der Waals surface area contributed by atoms with Crippen LogP contribution in [0.5, 0.6) is 0 Å². The Morgan fingerprint density at radius 2 is 1.78 bits per heavy atom. The molecule has 10 heteroatoms. The number of carboxylic acids is 1. The molecule has 9 nitrogen and oxygen atoms in total. The summed E-state index contributed by atoms with van der Waals surface area (Å²) < 4.78 is 16.3. The molecule has 0 saturated carbocycles. The van der Waals surface area contributed by atoms with Crippen LogP contribution in [0.4, 0.5) is 0 Å². The summed E-state index contributed by atoms with van der Waals surface area (Å²) >= 11 is 0. The lowest BCUT2D eigenvalue weighted by Gasteiger charge is -2.25. The molecule has 0 rings (SSSR count). The molecule has 138 valence electrons. The highest BCUT2D eigenvalue weighted by Gasteiger charge is 2.32. The lowest BCUT2D eigenvalue weighted by atomic mass is 10.0. The molecule has 0 bridgehead atoms. The number of rotatable bonds is 9. The topological polar surface area (TPSA) is 136 Å². The van der Waals surface area contributed by atoms with Crippen LogP contribution in [0.15, 0.2) is 0 Å². The second-order valence-electron chi connectivity index (χ2n) is 4.97. The number of carboxylic acid groups (broad SMARTS) is 1. The van der Waals surface area contributed by atoms with Crippen LogP contribution in [-0.2, 0) is 18.7 Å². The van der Waals surface area contributed by atoms with Crippen molar-refractivity contribution in [2.45, 2.75) is 39.6 Å². The summed E-state index contributed by atoms with van der Waals surface area (Å²) in [5, 5.41) is 30.8. The molecule has 0 aliphatic carbocycles. The Bertz CT molecular complexity index is 417. The number of carbonyl (C=O) groups excluding carboxylic acids is 1. The van der Waals surface area contributed by atoms with Crippen molar-refractivity contribution in [1.29, 1.82) is 0 Å².